The van der Waals surface area contributed by atoms with Crippen LogP contribution in [-0.4, -0.2) is 67.7 Å². The largest absolute Gasteiger partial charge is 0.394 e. The maximum atomic E-state index is 14.0. The fraction of sp³-hybridized carbons (Fsp3) is 0.381. The van der Waals surface area contributed by atoms with Gasteiger partial charge in [0, 0.05) is 30.0 Å². The number of nitrogens with zero attached hydrogens (tertiary/aromatic N) is 4. The standard InChI is InChI=1S/C21H22ClFN4O4S/c1-11-3-4-12(5-15(11)23)16-9-27(26-25-16)18-19(29)17(10-28)31-21(20(18)30-2)32-14-6-13(22)7-24-8-14/h3-9,17-21,28-29H,10H2,1-2H3/t17?,18-,19-,20?,21+/m0/s1. The number of ether oxygens (including phenoxy) is 2. The molecule has 0 spiro atoms. The Morgan fingerprint density at radius 2 is 2.12 bits per heavy atom. The molecule has 0 amide bonds. The summed E-state index contributed by atoms with van der Waals surface area (Å²) in [6.07, 6.45) is 2.13. The lowest BCUT2D eigenvalue weighted by Gasteiger charge is -2.43. The molecule has 8 nitrogen and oxygen atoms in total. The normalized spacial score (nSPS) is 25.8. The van der Waals surface area contributed by atoms with Gasteiger partial charge in [-0.3, -0.25) is 4.98 Å². The van der Waals surface area contributed by atoms with Crippen LogP contribution < -0.4 is 0 Å². The van der Waals surface area contributed by atoms with Gasteiger partial charge in [-0.2, -0.15) is 0 Å². The Kier molecular flexibility index (Phi) is 7.08. The highest BCUT2D eigenvalue weighted by molar-refractivity contribution is 7.99. The molecule has 1 saturated heterocycles. The highest BCUT2D eigenvalue weighted by Gasteiger charge is 2.47. The van der Waals surface area contributed by atoms with Crippen molar-refractivity contribution in [3.05, 3.63) is 59.3 Å². The van der Waals surface area contributed by atoms with Crippen molar-refractivity contribution in [2.24, 2.45) is 0 Å². The second-order valence-electron chi connectivity index (χ2n) is 7.41. The SMILES string of the molecule is COC1[C@@H](Sc2cncc(Cl)c2)OC(CO)[C@H](O)[C@@H]1n1cc(-c2ccc(C)c(F)c2)nn1. The molecule has 11 heteroatoms. The molecule has 3 aromatic rings. The lowest BCUT2D eigenvalue weighted by Crippen LogP contribution is -2.55. The van der Waals surface area contributed by atoms with Gasteiger partial charge >= 0.3 is 0 Å². The highest BCUT2D eigenvalue weighted by atomic mass is 35.5. The summed E-state index contributed by atoms with van der Waals surface area (Å²) in [4.78, 5) is 4.82. The molecule has 4 rings (SSSR count). The monoisotopic (exact) mass is 480 g/mol. The summed E-state index contributed by atoms with van der Waals surface area (Å²) in [6, 6.07) is 5.83. The molecule has 0 aliphatic carbocycles. The third kappa shape index (κ3) is 4.66. The van der Waals surface area contributed by atoms with Crippen molar-refractivity contribution in [2.45, 2.75) is 41.6 Å². The van der Waals surface area contributed by atoms with Crippen LogP contribution in [0, 0.1) is 12.7 Å². The third-order valence-electron chi connectivity index (χ3n) is 5.31. The van der Waals surface area contributed by atoms with Crippen molar-refractivity contribution in [3.63, 3.8) is 0 Å². The highest BCUT2D eigenvalue weighted by Crippen LogP contribution is 2.39. The Bertz CT molecular complexity index is 1090. The van der Waals surface area contributed by atoms with E-state index in [2.05, 4.69) is 15.3 Å². The van der Waals surface area contributed by atoms with Gasteiger partial charge in [-0.25, -0.2) is 9.07 Å². The van der Waals surface area contributed by atoms with E-state index in [0.29, 0.717) is 21.8 Å². The van der Waals surface area contributed by atoms with Gasteiger partial charge in [0.2, 0.25) is 0 Å². The van der Waals surface area contributed by atoms with Crippen LogP contribution in [0.25, 0.3) is 11.3 Å². The van der Waals surface area contributed by atoms with Gasteiger partial charge in [0.15, 0.2) is 0 Å². The van der Waals surface area contributed by atoms with E-state index in [-0.39, 0.29) is 5.82 Å². The van der Waals surface area contributed by atoms with Gasteiger partial charge in [0.25, 0.3) is 0 Å². The van der Waals surface area contributed by atoms with E-state index in [1.54, 1.807) is 37.5 Å². The fourth-order valence-electron chi connectivity index (χ4n) is 3.61. The van der Waals surface area contributed by atoms with E-state index >= 15 is 0 Å². The van der Waals surface area contributed by atoms with Gasteiger partial charge in [0.1, 0.15) is 41.3 Å². The van der Waals surface area contributed by atoms with E-state index in [9.17, 15) is 14.6 Å². The van der Waals surface area contributed by atoms with Crippen molar-refractivity contribution in [3.8, 4) is 11.3 Å². The van der Waals surface area contributed by atoms with Crippen LogP contribution in [0.15, 0.2) is 47.8 Å². The first kappa shape index (κ1) is 23.1. The molecule has 32 heavy (non-hydrogen) atoms. The Morgan fingerprint density at radius 1 is 1.31 bits per heavy atom. The maximum Gasteiger partial charge on any atom is 0.136 e. The van der Waals surface area contributed by atoms with E-state index in [4.69, 9.17) is 21.1 Å². The second kappa shape index (κ2) is 9.82. The Labute approximate surface area is 193 Å². The molecule has 0 bridgehead atoms. The number of halogens is 2. The van der Waals surface area contributed by atoms with Gasteiger partial charge in [0.05, 0.1) is 17.8 Å². The molecular formula is C21H22ClFN4O4S. The molecule has 2 unspecified atom stereocenters. The average Bonchev–Trinajstić information content (AvgIpc) is 3.26. The summed E-state index contributed by atoms with van der Waals surface area (Å²) in [5.74, 6) is -0.343. The summed E-state index contributed by atoms with van der Waals surface area (Å²) < 4.78 is 27.1. The Hall–Kier alpha value is -2.08. The average molecular weight is 481 g/mol. The van der Waals surface area contributed by atoms with Crippen LogP contribution in [0.5, 0.6) is 0 Å². The number of benzene rings is 1. The predicted octanol–water partition coefficient (Wildman–Crippen LogP) is 2.87. The molecule has 1 fully saturated rings. The van der Waals surface area contributed by atoms with Gasteiger partial charge < -0.3 is 19.7 Å². The first-order valence-corrected chi connectivity index (χ1v) is 11.1. The minimum Gasteiger partial charge on any atom is -0.394 e. The maximum absolute atomic E-state index is 14.0. The minimum absolute atomic E-state index is 0.343. The molecule has 5 atom stereocenters. The number of rotatable bonds is 6. The van der Waals surface area contributed by atoms with Crippen LogP contribution in [0.1, 0.15) is 11.6 Å². The molecular weight excluding hydrogens is 459 g/mol. The summed E-state index contributed by atoms with van der Waals surface area (Å²) in [7, 11) is 1.50. The molecule has 1 aliphatic rings. The van der Waals surface area contributed by atoms with Gasteiger partial charge in [-0.1, -0.05) is 40.7 Å². The Morgan fingerprint density at radius 3 is 2.81 bits per heavy atom. The topological polar surface area (TPSA) is 103 Å². The van der Waals surface area contributed by atoms with Crippen LogP contribution >= 0.6 is 23.4 Å². The van der Waals surface area contributed by atoms with Gasteiger partial charge in [-0.05, 0) is 24.6 Å². The molecule has 3 heterocycles. The smallest absolute Gasteiger partial charge is 0.136 e. The molecule has 0 radical (unpaired) electrons. The summed E-state index contributed by atoms with van der Waals surface area (Å²) in [6.45, 7) is 1.28. The predicted molar refractivity (Wildman–Crippen MR) is 117 cm³/mol. The van der Waals surface area contributed by atoms with Crippen LogP contribution in [-0.2, 0) is 9.47 Å². The van der Waals surface area contributed by atoms with Crippen molar-refractivity contribution in [1.29, 1.82) is 0 Å². The lowest BCUT2D eigenvalue weighted by atomic mass is 9.97. The number of aromatic nitrogens is 4. The zero-order valence-corrected chi connectivity index (χ0v) is 18.9. The van der Waals surface area contributed by atoms with E-state index < -0.39 is 36.4 Å². The Balaban J connectivity index is 1.66. The molecule has 1 aromatic carbocycles. The summed E-state index contributed by atoms with van der Waals surface area (Å²) in [5.41, 5.74) is 0.933. The number of aliphatic hydroxyl groups is 2. The minimum atomic E-state index is -1.12. The number of aryl methyl sites for hydroxylation is 1. The second-order valence-corrected chi connectivity index (χ2v) is 9.02. The molecule has 2 aromatic heterocycles. The summed E-state index contributed by atoms with van der Waals surface area (Å²) >= 11 is 7.35. The number of thioether (sulfide) groups is 1. The zero-order valence-electron chi connectivity index (χ0n) is 17.3. The number of aliphatic hydroxyl groups excluding tert-OH is 2. The number of methoxy groups -OCH3 is 1. The number of pyridine rings is 1. The van der Waals surface area contributed by atoms with Crippen LogP contribution in [0.3, 0.4) is 0 Å². The van der Waals surface area contributed by atoms with Crippen LogP contribution in [0.4, 0.5) is 4.39 Å². The third-order valence-corrected chi connectivity index (χ3v) is 6.63. The van der Waals surface area contributed by atoms with Crippen molar-refractivity contribution in [1.82, 2.24) is 20.0 Å². The van der Waals surface area contributed by atoms with Crippen molar-refractivity contribution >= 4 is 23.4 Å². The first-order valence-electron chi connectivity index (χ1n) is 9.84. The quantitative estimate of drug-likeness (QED) is 0.555. The van der Waals surface area contributed by atoms with Crippen LogP contribution in [0.2, 0.25) is 5.02 Å². The molecule has 2 N–H and O–H groups in total. The summed E-state index contributed by atoms with van der Waals surface area (Å²) in [5, 5.41) is 29.5. The zero-order chi connectivity index (χ0) is 22.8. The lowest BCUT2D eigenvalue weighted by molar-refractivity contribution is -0.186. The van der Waals surface area contributed by atoms with E-state index in [1.165, 1.54) is 35.8 Å². The first-order chi connectivity index (χ1) is 15.4. The molecule has 0 saturated carbocycles. The fourth-order valence-corrected chi connectivity index (χ4v) is 5.03. The van der Waals surface area contributed by atoms with Crippen molar-refractivity contribution < 1.29 is 24.1 Å². The number of hydrogen-bond donors (Lipinski definition) is 2. The van der Waals surface area contributed by atoms with Crippen molar-refractivity contribution in [2.75, 3.05) is 13.7 Å². The number of hydrogen-bond acceptors (Lipinski definition) is 8. The molecule has 170 valence electrons. The molecule has 1 aliphatic heterocycles. The van der Waals surface area contributed by atoms with E-state index in [0.717, 1.165) is 4.90 Å². The van der Waals surface area contributed by atoms with Gasteiger partial charge in [-0.15, -0.1) is 5.10 Å². The van der Waals surface area contributed by atoms with E-state index in [1.807, 2.05) is 0 Å².